The first kappa shape index (κ1) is 13.6. The van der Waals surface area contributed by atoms with Gasteiger partial charge in [-0.15, -0.1) is 0 Å². The molecule has 0 bridgehead atoms. The predicted molar refractivity (Wildman–Crippen MR) is 70.8 cm³/mol. The van der Waals surface area contributed by atoms with Gasteiger partial charge in [-0.25, -0.2) is 8.78 Å². The average Bonchev–Trinajstić information content (AvgIpc) is 3.18. The Morgan fingerprint density at radius 1 is 1.53 bits per heavy atom. The van der Waals surface area contributed by atoms with E-state index in [9.17, 15) is 8.78 Å². The van der Waals surface area contributed by atoms with Crippen LogP contribution in [-0.4, -0.2) is 26.0 Å². The molecule has 0 radical (unpaired) electrons. The number of hydrogen-bond acceptors (Lipinski definition) is 2. The van der Waals surface area contributed by atoms with Gasteiger partial charge < -0.3 is 15.8 Å². The second-order valence-corrected chi connectivity index (χ2v) is 4.72. The van der Waals surface area contributed by atoms with Crippen molar-refractivity contribution >= 4 is 11.6 Å². The fraction of sp³-hybridized carbons (Fsp3) is 0.462. The van der Waals surface area contributed by atoms with Crippen LogP contribution in [0.25, 0.3) is 0 Å². The van der Waals surface area contributed by atoms with Gasteiger partial charge in [0.15, 0.2) is 5.96 Å². The summed E-state index contributed by atoms with van der Waals surface area (Å²) in [5.74, 6) is 0.823. The third-order valence-corrected chi connectivity index (χ3v) is 3.26. The molecule has 2 rings (SSSR count). The van der Waals surface area contributed by atoms with Crippen molar-refractivity contribution in [2.75, 3.05) is 19.0 Å². The van der Waals surface area contributed by atoms with Crippen molar-refractivity contribution in [3.05, 3.63) is 24.3 Å². The topological polar surface area (TPSA) is 59.6 Å². The maximum atomic E-state index is 12.7. The average molecular weight is 269 g/mol. The summed E-state index contributed by atoms with van der Waals surface area (Å²) in [6.07, 6.45) is -1.30. The Kier molecular flexibility index (Phi) is 3.87. The molecule has 3 N–H and O–H groups in total. The van der Waals surface area contributed by atoms with Crippen LogP contribution in [0.1, 0.15) is 12.8 Å². The summed E-state index contributed by atoms with van der Waals surface area (Å²) in [6, 6.07) is 7.15. The van der Waals surface area contributed by atoms with Crippen LogP contribution in [0, 0.1) is 5.41 Å². The Morgan fingerprint density at radius 2 is 2.26 bits per heavy atom. The molecular formula is C13H17F2N3O. The molecule has 4 nitrogen and oxygen atoms in total. The molecule has 1 aliphatic carbocycles. The van der Waals surface area contributed by atoms with Gasteiger partial charge in [0.2, 0.25) is 6.43 Å². The fourth-order valence-electron chi connectivity index (χ4n) is 1.74. The lowest BCUT2D eigenvalue weighted by Crippen LogP contribution is -2.25. The lowest BCUT2D eigenvalue weighted by atomic mass is 10.1. The number of halogens is 2. The van der Waals surface area contributed by atoms with E-state index in [4.69, 9.17) is 10.5 Å². The smallest absolute Gasteiger partial charge is 0.245 e. The Labute approximate surface area is 110 Å². The number of hydrogen-bond donors (Lipinski definition) is 2. The molecule has 1 fully saturated rings. The van der Waals surface area contributed by atoms with E-state index in [0.717, 1.165) is 0 Å². The van der Waals surface area contributed by atoms with E-state index < -0.39 is 11.8 Å². The number of nitrogens with one attached hydrogen (secondary N) is 1. The maximum absolute atomic E-state index is 12.7. The van der Waals surface area contributed by atoms with Gasteiger partial charge in [-0.1, -0.05) is 6.07 Å². The normalized spacial score (nSPS) is 17.4. The zero-order chi connectivity index (χ0) is 13.9. The largest absolute Gasteiger partial charge is 0.497 e. The number of rotatable bonds is 5. The van der Waals surface area contributed by atoms with Crippen molar-refractivity contribution in [1.82, 2.24) is 0 Å². The highest BCUT2D eigenvalue weighted by Gasteiger charge is 2.50. The maximum Gasteiger partial charge on any atom is 0.245 e. The molecule has 1 aromatic carbocycles. The van der Waals surface area contributed by atoms with Gasteiger partial charge in [0.1, 0.15) is 5.75 Å². The summed E-state index contributed by atoms with van der Waals surface area (Å²) in [5.41, 5.74) is 5.45. The zero-order valence-corrected chi connectivity index (χ0v) is 10.7. The van der Waals surface area contributed by atoms with Gasteiger partial charge in [0, 0.05) is 11.8 Å². The minimum Gasteiger partial charge on any atom is -0.497 e. The van der Waals surface area contributed by atoms with Crippen LogP contribution in [0.3, 0.4) is 0 Å². The standard InChI is InChI=1S/C13H17F2N3O/c1-19-10-4-2-3-9(7-10)18-12(16)17-8-13(5-6-13)11(14)15/h2-4,7,11H,5-6,8H2,1H3,(H3,16,17,18). The van der Waals surface area contributed by atoms with E-state index in [2.05, 4.69) is 10.3 Å². The zero-order valence-electron chi connectivity index (χ0n) is 10.7. The van der Waals surface area contributed by atoms with Crippen LogP contribution >= 0.6 is 0 Å². The van der Waals surface area contributed by atoms with E-state index in [-0.39, 0.29) is 12.5 Å². The number of benzene rings is 1. The van der Waals surface area contributed by atoms with Gasteiger partial charge in [0.05, 0.1) is 19.1 Å². The molecule has 0 atom stereocenters. The molecule has 19 heavy (non-hydrogen) atoms. The molecule has 0 spiro atoms. The number of ether oxygens (including phenoxy) is 1. The van der Waals surface area contributed by atoms with Gasteiger partial charge in [-0.3, -0.25) is 4.99 Å². The summed E-state index contributed by atoms with van der Waals surface area (Å²) in [6.45, 7) is 0.0630. The molecule has 104 valence electrons. The number of nitrogens with two attached hydrogens (primary N) is 1. The van der Waals surface area contributed by atoms with Crippen molar-refractivity contribution < 1.29 is 13.5 Å². The first-order chi connectivity index (χ1) is 9.05. The second kappa shape index (κ2) is 5.42. The van der Waals surface area contributed by atoms with Gasteiger partial charge in [0.25, 0.3) is 0 Å². The van der Waals surface area contributed by atoms with Crippen LogP contribution in [0.4, 0.5) is 14.5 Å². The molecule has 0 aliphatic heterocycles. The number of guanidine groups is 1. The summed E-state index contributed by atoms with van der Waals surface area (Å²) in [4.78, 5) is 3.99. The highest BCUT2D eigenvalue weighted by Crippen LogP contribution is 2.50. The van der Waals surface area contributed by atoms with Crippen LogP contribution in [0.15, 0.2) is 29.3 Å². The highest BCUT2D eigenvalue weighted by molar-refractivity contribution is 5.92. The lowest BCUT2D eigenvalue weighted by Gasteiger charge is -2.12. The van der Waals surface area contributed by atoms with Gasteiger partial charge in [-0.2, -0.15) is 0 Å². The summed E-state index contributed by atoms with van der Waals surface area (Å²) in [5, 5.41) is 2.86. The monoisotopic (exact) mass is 269 g/mol. The SMILES string of the molecule is COc1cccc(NC(N)=NCC2(C(F)F)CC2)c1. The number of alkyl halides is 2. The van der Waals surface area contributed by atoms with Crippen LogP contribution in [0.5, 0.6) is 5.75 Å². The first-order valence-electron chi connectivity index (χ1n) is 6.05. The molecule has 1 saturated carbocycles. The molecule has 0 amide bonds. The predicted octanol–water partition coefficient (Wildman–Crippen LogP) is 2.47. The molecule has 0 unspecified atom stereocenters. The van der Waals surface area contributed by atoms with Crippen molar-refractivity contribution in [2.45, 2.75) is 19.3 Å². The van der Waals surface area contributed by atoms with Crippen molar-refractivity contribution in [2.24, 2.45) is 16.1 Å². The third-order valence-electron chi connectivity index (χ3n) is 3.26. The molecule has 6 heteroatoms. The Morgan fingerprint density at radius 3 is 2.84 bits per heavy atom. The number of nitrogens with zero attached hydrogens (tertiary/aromatic N) is 1. The van der Waals surface area contributed by atoms with E-state index in [1.54, 1.807) is 31.4 Å². The fourth-order valence-corrected chi connectivity index (χ4v) is 1.74. The van der Waals surface area contributed by atoms with Gasteiger partial charge in [-0.05, 0) is 25.0 Å². The third kappa shape index (κ3) is 3.33. The van der Waals surface area contributed by atoms with Crippen LogP contribution < -0.4 is 15.8 Å². The highest BCUT2D eigenvalue weighted by atomic mass is 19.3. The molecule has 1 aliphatic rings. The summed E-state index contributed by atoms with van der Waals surface area (Å²) in [7, 11) is 1.57. The van der Waals surface area contributed by atoms with E-state index in [0.29, 0.717) is 24.3 Å². The van der Waals surface area contributed by atoms with E-state index in [1.165, 1.54) is 0 Å². The number of methoxy groups -OCH3 is 1. The Hall–Kier alpha value is -1.85. The minimum atomic E-state index is -2.33. The molecule has 1 aromatic rings. The van der Waals surface area contributed by atoms with E-state index in [1.807, 2.05) is 0 Å². The van der Waals surface area contributed by atoms with E-state index >= 15 is 0 Å². The first-order valence-corrected chi connectivity index (χ1v) is 6.05. The minimum absolute atomic E-state index is 0.0630. The summed E-state index contributed by atoms with van der Waals surface area (Å²) < 4.78 is 30.5. The molecule has 0 heterocycles. The van der Waals surface area contributed by atoms with Crippen molar-refractivity contribution in [1.29, 1.82) is 0 Å². The summed E-state index contributed by atoms with van der Waals surface area (Å²) >= 11 is 0. The van der Waals surface area contributed by atoms with Crippen molar-refractivity contribution in [3.63, 3.8) is 0 Å². The lowest BCUT2D eigenvalue weighted by molar-refractivity contribution is 0.0667. The molecule has 0 aromatic heterocycles. The number of anilines is 1. The van der Waals surface area contributed by atoms with Crippen molar-refractivity contribution in [3.8, 4) is 5.75 Å². The quantitative estimate of drug-likeness (QED) is 0.637. The Balaban J connectivity index is 1.95. The molecule has 0 saturated heterocycles. The van der Waals surface area contributed by atoms with Gasteiger partial charge >= 0.3 is 0 Å². The van der Waals surface area contributed by atoms with Crippen LogP contribution in [0.2, 0.25) is 0 Å². The number of aliphatic imine (C=N–C) groups is 1. The second-order valence-electron chi connectivity index (χ2n) is 4.72. The van der Waals surface area contributed by atoms with Crippen LogP contribution in [-0.2, 0) is 0 Å². The Bertz CT molecular complexity index is 473. The molecular weight excluding hydrogens is 252 g/mol.